The van der Waals surface area contributed by atoms with Crippen LogP contribution in [0.25, 0.3) is 0 Å². The summed E-state index contributed by atoms with van der Waals surface area (Å²) in [5.74, 6) is 8.17. The van der Waals surface area contributed by atoms with Crippen LogP contribution in [-0.4, -0.2) is 23.0 Å². The van der Waals surface area contributed by atoms with E-state index in [1.54, 1.807) is 0 Å². The molecule has 0 aromatic heterocycles. The van der Waals surface area contributed by atoms with Gasteiger partial charge in [-0.25, -0.2) is 0 Å². The van der Waals surface area contributed by atoms with Crippen molar-refractivity contribution in [2.45, 2.75) is 75.4 Å². The Morgan fingerprint density at radius 3 is 1.28 bits per heavy atom. The van der Waals surface area contributed by atoms with Gasteiger partial charge in [0.15, 0.2) is 0 Å². The van der Waals surface area contributed by atoms with E-state index in [4.69, 9.17) is 27.9 Å². The maximum absolute atomic E-state index is 7.49. The fraction of sp³-hybridized carbons (Fsp3) is 1.00. The Bertz CT molecular complexity index is 486. The van der Waals surface area contributed by atoms with Crippen molar-refractivity contribution in [3.8, 4) is 0 Å². The van der Waals surface area contributed by atoms with Crippen molar-refractivity contribution in [1.82, 2.24) is 0 Å². The highest BCUT2D eigenvalue weighted by molar-refractivity contribution is 6.18. The van der Waals surface area contributed by atoms with Gasteiger partial charge in [0.25, 0.3) is 0 Å². The summed E-state index contributed by atoms with van der Waals surface area (Å²) >= 11 is 13.2. The summed E-state index contributed by atoms with van der Waals surface area (Å²) in [7, 11) is 0. The summed E-state index contributed by atoms with van der Waals surface area (Å²) in [5, 5.41) is 0. The first-order valence-electron chi connectivity index (χ1n) is 10.9. The van der Waals surface area contributed by atoms with Crippen LogP contribution in [0.2, 0.25) is 0 Å². The molecule has 1 nitrogen and oxygen atoms in total. The van der Waals surface area contributed by atoms with Crippen molar-refractivity contribution in [2.75, 3.05) is 11.8 Å². The molecule has 0 amide bonds. The van der Waals surface area contributed by atoms with Crippen molar-refractivity contribution in [2.24, 2.45) is 47.3 Å². The highest BCUT2D eigenvalue weighted by atomic mass is 35.5. The third-order valence-electron chi connectivity index (χ3n) is 9.64. The molecule has 25 heavy (non-hydrogen) atoms. The van der Waals surface area contributed by atoms with Gasteiger partial charge < -0.3 is 4.74 Å². The highest BCUT2D eigenvalue weighted by Crippen LogP contribution is 2.66. The minimum absolute atomic E-state index is 0.104. The van der Waals surface area contributed by atoms with Gasteiger partial charge in [-0.15, -0.1) is 23.2 Å². The summed E-state index contributed by atoms with van der Waals surface area (Å²) < 4.78 is 7.49. The first-order chi connectivity index (χ1) is 12.1. The number of hydrogen-bond donors (Lipinski definition) is 0. The summed E-state index contributed by atoms with van der Waals surface area (Å²) in [6.07, 6.45) is 13.9. The van der Waals surface area contributed by atoms with Crippen LogP contribution < -0.4 is 0 Å². The van der Waals surface area contributed by atoms with Crippen LogP contribution in [-0.2, 0) is 4.74 Å². The topological polar surface area (TPSA) is 9.23 Å². The zero-order valence-corrected chi connectivity index (χ0v) is 16.8. The van der Waals surface area contributed by atoms with Crippen molar-refractivity contribution < 1.29 is 4.74 Å². The smallest absolute Gasteiger partial charge is 0.0737 e. The molecule has 140 valence electrons. The standard InChI is InChI=1S/C22H32Cl2O/c23-11-19-17-3-13-1-14(4-17)8-21(19,7-13)25-22-9-15-2-16(10-22)6-18(5-15)20(22)12-24/h13-20H,1-12H2. The van der Waals surface area contributed by atoms with E-state index in [1.165, 1.54) is 64.2 Å². The molecule has 8 rings (SSSR count). The van der Waals surface area contributed by atoms with Gasteiger partial charge in [-0.3, -0.25) is 0 Å². The van der Waals surface area contributed by atoms with Crippen molar-refractivity contribution in [3.05, 3.63) is 0 Å². The molecule has 0 aromatic carbocycles. The van der Waals surface area contributed by atoms with Gasteiger partial charge in [-0.05, 0) is 99.7 Å². The molecule has 0 heterocycles. The molecular formula is C22H32Cl2O. The van der Waals surface area contributed by atoms with Crippen LogP contribution in [0.15, 0.2) is 0 Å². The summed E-state index contributed by atoms with van der Waals surface area (Å²) in [6, 6.07) is 0. The largest absolute Gasteiger partial charge is 0.368 e. The lowest BCUT2D eigenvalue weighted by Gasteiger charge is -2.67. The second-order valence-corrected chi connectivity index (χ2v) is 11.6. The molecule has 8 fully saturated rings. The van der Waals surface area contributed by atoms with Crippen LogP contribution in [0.5, 0.6) is 0 Å². The molecule has 8 bridgehead atoms. The number of ether oxygens (including phenoxy) is 1. The third kappa shape index (κ3) is 2.24. The van der Waals surface area contributed by atoms with Gasteiger partial charge in [0.05, 0.1) is 11.2 Å². The molecule has 6 atom stereocenters. The fourth-order valence-electron chi connectivity index (χ4n) is 9.40. The second-order valence-electron chi connectivity index (χ2n) is 11.0. The zero-order chi connectivity index (χ0) is 16.8. The van der Waals surface area contributed by atoms with Crippen LogP contribution in [0, 0.1) is 47.3 Å². The molecule has 8 saturated carbocycles. The molecular weight excluding hydrogens is 351 g/mol. The maximum atomic E-state index is 7.49. The molecule has 0 aromatic rings. The lowest BCUT2D eigenvalue weighted by Crippen LogP contribution is -2.67. The summed E-state index contributed by atoms with van der Waals surface area (Å²) in [6.45, 7) is 0. The Labute approximate surface area is 162 Å². The van der Waals surface area contributed by atoms with Gasteiger partial charge in [-0.2, -0.15) is 0 Å². The fourth-order valence-corrected chi connectivity index (χ4v) is 10.5. The van der Waals surface area contributed by atoms with Gasteiger partial charge in [0.2, 0.25) is 0 Å². The van der Waals surface area contributed by atoms with E-state index in [1.807, 2.05) is 0 Å². The van der Waals surface area contributed by atoms with E-state index in [0.29, 0.717) is 11.8 Å². The highest BCUT2D eigenvalue weighted by Gasteiger charge is 2.64. The average molecular weight is 383 g/mol. The van der Waals surface area contributed by atoms with Crippen LogP contribution in [0.4, 0.5) is 0 Å². The predicted octanol–water partition coefficient (Wildman–Crippen LogP) is 5.87. The summed E-state index contributed by atoms with van der Waals surface area (Å²) in [5.41, 5.74) is 0.207. The van der Waals surface area contributed by atoms with Gasteiger partial charge in [0, 0.05) is 23.6 Å². The minimum atomic E-state index is 0.104. The van der Waals surface area contributed by atoms with E-state index in [9.17, 15) is 0 Å². The Hall–Kier alpha value is 0.540. The van der Waals surface area contributed by atoms with E-state index < -0.39 is 0 Å². The van der Waals surface area contributed by atoms with Crippen LogP contribution >= 0.6 is 23.2 Å². The average Bonchev–Trinajstić information content (AvgIpc) is 2.52. The molecule has 8 aliphatic carbocycles. The minimum Gasteiger partial charge on any atom is -0.368 e. The quantitative estimate of drug-likeness (QED) is 0.552. The molecule has 8 aliphatic rings. The monoisotopic (exact) mass is 382 g/mol. The number of alkyl halides is 2. The predicted molar refractivity (Wildman–Crippen MR) is 102 cm³/mol. The number of rotatable bonds is 4. The molecule has 0 aliphatic heterocycles. The van der Waals surface area contributed by atoms with Crippen molar-refractivity contribution in [1.29, 1.82) is 0 Å². The maximum Gasteiger partial charge on any atom is 0.0737 e. The third-order valence-corrected chi connectivity index (χ3v) is 10.3. The van der Waals surface area contributed by atoms with Gasteiger partial charge in [-0.1, -0.05) is 0 Å². The molecule has 0 saturated heterocycles. The van der Waals surface area contributed by atoms with Gasteiger partial charge in [0.1, 0.15) is 0 Å². The lowest BCUT2D eigenvalue weighted by molar-refractivity contribution is -0.301. The van der Waals surface area contributed by atoms with E-state index in [0.717, 1.165) is 47.3 Å². The zero-order valence-electron chi connectivity index (χ0n) is 15.3. The number of halogens is 2. The van der Waals surface area contributed by atoms with E-state index in [2.05, 4.69) is 0 Å². The molecule has 0 N–H and O–H groups in total. The second kappa shape index (κ2) is 5.54. The van der Waals surface area contributed by atoms with E-state index in [-0.39, 0.29) is 11.2 Å². The SMILES string of the molecule is ClCC1C2CC3CC(C2)CC1(OC12CC4CC(CC(C4)C1CCl)C2)C3. The normalized spacial score (nSPS) is 61.2. The van der Waals surface area contributed by atoms with Crippen LogP contribution in [0.1, 0.15) is 64.2 Å². The van der Waals surface area contributed by atoms with Crippen LogP contribution in [0.3, 0.4) is 0 Å². The van der Waals surface area contributed by atoms with Crippen molar-refractivity contribution >= 4 is 23.2 Å². The first-order valence-corrected chi connectivity index (χ1v) is 12.0. The molecule has 0 radical (unpaired) electrons. The molecule has 6 unspecified atom stereocenters. The Kier molecular flexibility index (Phi) is 3.65. The lowest BCUT2D eigenvalue weighted by atomic mass is 9.47. The Morgan fingerprint density at radius 2 is 0.960 bits per heavy atom. The number of hydrogen-bond acceptors (Lipinski definition) is 1. The molecule has 0 spiro atoms. The summed E-state index contributed by atoms with van der Waals surface area (Å²) in [4.78, 5) is 0. The first kappa shape index (κ1) is 16.5. The Balaban J connectivity index is 1.37. The van der Waals surface area contributed by atoms with Crippen molar-refractivity contribution in [3.63, 3.8) is 0 Å². The molecule has 3 heteroatoms. The van der Waals surface area contributed by atoms with E-state index >= 15 is 0 Å². The Morgan fingerprint density at radius 1 is 0.600 bits per heavy atom. The van der Waals surface area contributed by atoms with Gasteiger partial charge >= 0.3 is 0 Å².